The van der Waals surface area contributed by atoms with Crippen LogP contribution >= 0.6 is 11.6 Å². The van der Waals surface area contributed by atoms with Crippen LogP contribution in [0.15, 0.2) is 42.5 Å². The van der Waals surface area contributed by atoms with Gasteiger partial charge in [-0.05, 0) is 63.6 Å². The average molecular weight is 373 g/mol. The average Bonchev–Trinajstić information content (AvgIpc) is 2.58. The molecule has 0 aliphatic carbocycles. The third-order valence-electron chi connectivity index (χ3n) is 4.92. The minimum absolute atomic E-state index is 0.207. The molecule has 2 atom stereocenters. The second-order valence-electron chi connectivity index (χ2n) is 7.06. The fraction of sp³-hybridized carbons (Fsp3) is 0.381. The minimum atomic E-state index is -0.222. The zero-order chi connectivity index (χ0) is 18.7. The lowest BCUT2D eigenvalue weighted by molar-refractivity contribution is 0.0791. The van der Waals surface area contributed by atoms with E-state index in [4.69, 9.17) is 16.3 Å². The Morgan fingerprint density at radius 3 is 2.81 bits per heavy atom. The van der Waals surface area contributed by atoms with E-state index in [1.807, 2.05) is 37.3 Å². The maximum atomic E-state index is 12.5. The summed E-state index contributed by atoms with van der Waals surface area (Å²) >= 11 is 6.19. The first-order valence-corrected chi connectivity index (χ1v) is 9.34. The molecule has 0 aromatic heterocycles. The number of aryl methyl sites for hydroxylation is 1. The molecule has 5 heteroatoms. The maximum absolute atomic E-state index is 12.5. The number of likely N-dealkylation sites (tertiary alicyclic amines) is 1. The third kappa shape index (κ3) is 4.57. The van der Waals surface area contributed by atoms with Crippen LogP contribution in [0.25, 0.3) is 0 Å². The van der Waals surface area contributed by atoms with E-state index in [1.54, 1.807) is 12.1 Å². The quantitative estimate of drug-likeness (QED) is 0.841. The Morgan fingerprint density at radius 1 is 1.27 bits per heavy atom. The van der Waals surface area contributed by atoms with E-state index in [1.165, 1.54) is 0 Å². The first kappa shape index (κ1) is 18.7. The number of ether oxygens (including phenoxy) is 1. The molecule has 1 amide bonds. The van der Waals surface area contributed by atoms with Crippen molar-refractivity contribution in [1.82, 2.24) is 4.90 Å². The number of carbonyl (C=O) groups excluding carboxylic acids is 1. The molecule has 26 heavy (non-hydrogen) atoms. The van der Waals surface area contributed by atoms with Crippen LogP contribution in [0.3, 0.4) is 0 Å². The largest absolute Gasteiger partial charge is 0.490 e. The number of nitrogens with one attached hydrogen (secondary N) is 1. The lowest BCUT2D eigenvalue weighted by atomic mass is 10.0. The van der Waals surface area contributed by atoms with Crippen LogP contribution in [0.2, 0.25) is 5.02 Å². The zero-order valence-corrected chi connectivity index (χ0v) is 16.2. The molecule has 0 bridgehead atoms. The van der Waals surface area contributed by atoms with Gasteiger partial charge in [0.1, 0.15) is 11.9 Å². The first-order valence-electron chi connectivity index (χ1n) is 8.97. The summed E-state index contributed by atoms with van der Waals surface area (Å²) in [4.78, 5) is 14.8. The van der Waals surface area contributed by atoms with Crippen LogP contribution < -0.4 is 10.1 Å². The lowest BCUT2D eigenvalue weighted by Crippen LogP contribution is -2.41. The summed E-state index contributed by atoms with van der Waals surface area (Å²) in [6.45, 7) is 5.20. The van der Waals surface area contributed by atoms with Gasteiger partial charge < -0.3 is 15.0 Å². The number of halogens is 1. The minimum Gasteiger partial charge on any atom is -0.490 e. The number of carbonyl (C=O) groups is 1. The Labute approximate surface area is 160 Å². The van der Waals surface area contributed by atoms with Gasteiger partial charge in [-0.25, -0.2) is 0 Å². The van der Waals surface area contributed by atoms with Crippen molar-refractivity contribution in [2.75, 3.05) is 18.9 Å². The number of rotatable bonds is 4. The highest BCUT2D eigenvalue weighted by Crippen LogP contribution is 2.25. The molecule has 1 unspecified atom stereocenters. The summed E-state index contributed by atoms with van der Waals surface area (Å²) in [7, 11) is 2.15. The Morgan fingerprint density at radius 2 is 2.08 bits per heavy atom. The van der Waals surface area contributed by atoms with Gasteiger partial charge >= 0.3 is 0 Å². The van der Waals surface area contributed by atoms with Crippen LogP contribution in [0, 0.1) is 6.92 Å². The van der Waals surface area contributed by atoms with Crippen LogP contribution in [-0.2, 0) is 0 Å². The molecule has 0 radical (unpaired) electrons. The van der Waals surface area contributed by atoms with Crippen LogP contribution in [0.5, 0.6) is 5.75 Å². The van der Waals surface area contributed by atoms with Gasteiger partial charge in [-0.2, -0.15) is 0 Å². The third-order valence-corrected chi connectivity index (χ3v) is 5.24. The zero-order valence-electron chi connectivity index (χ0n) is 15.5. The Bertz CT molecular complexity index is 793. The molecular weight excluding hydrogens is 348 g/mol. The number of nitrogens with zero attached hydrogens (tertiary/aromatic N) is 1. The maximum Gasteiger partial charge on any atom is 0.257 e. The van der Waals surface area contributed by atoms with Crippen molar-refractivity contribution in [3.05, 3.63) is 58.6 Å². The van der Waals surface area contributed by atoms with Crippen molar-refractivity contribution in [2.45, 2.75) is 38.8 Å². The Kier molecular flexibility index (Phi) is 5.84. The van der Waals surface area contributed by atoms with E-state index in [-0.39, 0.29) is 12.0 Å². The van der Waals surface area contributed by atoms with Crippen LogP contribution in [-0.4, -0.2) is 36.5 Å². The summed E-state index contributed by atoms with van der Waals surface area (Å²) in [5.41, 5.74) is 2.19. The molecule has 1 N–H and O–H groups in total. The van der Waals surface area contributed by atoms with E-state index < -0.39 is 0 Å². The normalized spacial score (nSPS) is 20.6. The fourth-order valence-electron chi connectivity index (χ4n) is 3.20. The molecule has 1 aliphatic rings. The van der Waals surface area contributed by atoms with Gasteiger partial charge in [0.15, 0.2) is 0 Å². The predicted octanol–water partition coefficient (Wildman–Crippen LogP) is 4.76. The van der Waals surface area contributed by atoms with Gasteiger partial charge in [0.2, 0.25) is 0 Å². The molecule has 4 nitrogen and oxygen atoms in total. The molecule has 3 rings (SSSR count). The topological polar surface area (TPSA) is 41.6 Å². The van der Waals surface area contributed by atoms with E-state index in [0.29, 0.717) is 22.3 Å². The summed E-state index contributed by atoms with van der Waals surface area (Å²) < 4.78 is 6.14. The number of amides is 1. The number of piperidine rings is 1. The first-order chi connectivity index (χ1) is 12.4. The molecule has 1 aliphatic heterocycles. The number of anilines is 1. The molecule has 138 valence electrons. The van der Waals surface area contributed by atoms with E-state index in [9.17, 15) is 4.79 Å². The van der Waals surface area contributed by atoms with Gasteiger partial charge in [-0.3, -0.25) is 4.79 Å². The van der Waals surface area contributed by atoms with Crippen molar-refractivity contribution in [3.63, 3.8) is 0 Å². The summed E-state index contributed by atoms with van der Waals surface area (Å²) in [5, 5.41) is 3.35. The number of hydrogen-bond donors (Lipinski definition) is 1. The monoisotopic (exact) mass is 372 g/mol. The van der Waals surface area contributed by atoms with Gasteiger partial charge in [0.05, 0.1) is 10.6 Å². The summed E-state index contributed by atoms with van der Waals surface area (Å²) in [6, 6.07) is 13.5. The number of benzene rings is 2. The van der Waals surface area contributed by atoms with Crippen molar-refractivity contribution >= 4 is 23.2 Å². The standard InChI is InChI=1S/C21H25ClN2O2/c1-14-7-8-19(20(22)11-14)21(25)23-16-5-4-6-17(13-16)26-18-9-10-24(3)15(2)12-18/h4-8,11,13,15,18H,9-10,12H2,1-3H3,(H,23,25)/t15-,18?/m0/s1. The second kappa shape index (κ2) is 8.11. The fourth-order valence-corrected chi connectivity index (χ4v) is 3.52. The summed E-state index contributed by atoms with van der Waals surface area (Å²) in [5.74, 6) is 0.555. The molecule has 1 saturated heterocycles. The van der Waals surface area contributed by atoms with Crippen LogP contribution in [0.4, 0.5) is 5.69 Å². The van der Waals surface area contributed by atoms with Gasteiger partial charge in [0.25, 0.3) is 5.91 Å². The highest BCUT2D eigenvalue weighted by Gasteiger charge is 2.24. The molecule has 2 aromatic rings. The van der Waals surface area contributed by atoms with E-state index >= 15 is 0 Å². The SMILES string of the molecule is Cc1ccc(C(=O)Nc2cccc(OC3CCN(C)[C@@H](C)C3)c2)c(Cl)c1. The Balaban J connectivity index is 1.66. The summed E-state index contributed by atoms with van der Waals surface area (Å²) in [6.07, 6.45) is 2.22. The van der Waals surface area contributed by atoms with Gasteiger partial charge in [0, 0.05) is 24.3 Å². The molecular formula is C21H25ClN2O2. The van der Waals surface area contributed by atoms with Crippen LogP contribution in [0.1, 0.15) is 35.7 Å². The van der Waals surface area contributed by atoms with Gasteiger partial charge in [-0.1, -0.05) is 23.7 Å². The van der Waals surface area contributed by atoms with Gasteiger partial charge in [-0.15, -0.1) is 0 Å². The van der Waals surface area contributed by atoms with E-state index in [0.717, 1.165) is 30.7 Å². The highest BCUT2D eigenvalue weighted by atomic mass is 35.5. The molecule has 1 fully saturated rings. The van der Waals surface area contributed by atoms with Crippen molar-refractivity contribution in [1.29, 1.82) is 0 Å². The van der Waals surface area contributed by atoms with Crippen molar-refractivity contribution in [2.24, 2.45) is 0 Å². The van der Waals surface area contributed by atoms with Crippen molar-refractivity contribution in [3.8, 4) is 5.75 Å². The molecule has 2 aromatic carbocycles. The predicted molar refractivity (Wildman–Crippen MR) is 106 cm³/mol. The van der Waals surface area contributed by atoms with Crippen molar-refractivity contribution < 1.29 is 9.53 Å². The lowest BCUT2D eigenvalue weighted by Gasteiger charge is -2.35. The molecule has 0 spiro atoms. The van der Waals surface area contributed by atoms with E-state index in [2.05, 4.69) is 24.2 Å². The highest BCUT2D eigenvalue weighted by molar-refractivity contribution is 6.34. The molecule has 1 heterocycles. The Hall–Kier alpha value is -2.04. The number of hydrogen-bond acceptors (Lipinski definition) is 3. The smallest absolute Gasteiger partial charge is 0.257 e. The molecule has 0 saturated carbocycles. The second-order valence-corrected chi connectivity index (χ2v) is 7.47.